The number of benzene rings is 3. The first kappa shape index (κ1) is 19.9. The number of carbonyl (C=O) groups excluding carboxylic acids is 1. The Morgan fingerprint density at radius 2 is 1.24 bits per heavy atom. The van der Waals surface area contributed by atoms with Gasteiger partial charge in [0, 0.05) is 0 Å². The SMILES string of the molecule is Cc1c(C)c2c3c(c1O)OP1(=O)Oc4c(O)c(c5c(c4O3)C23OC(=O)c2c4ccc(c23)OP(=O)(O4)O5)O1. The number of aromatic hydroxyl groups is 2. The Balaban J connectivity index is 1.61. The highest BCUT2D eigenvalue weighted by Crippen LogP contribution is 2.78. The fourth-order valence-electron chi connectivity index (χ4n) is 5.74. The zero-order chi connectivity index (χ0) is 25.4. The lowest BCUT2D eigenvalue weighted by Crippen LogP contribution is -2.37. The number of fused-ring (bicyclic) bond motifs is 4. The molecule has 0 saturated carbocycles. The fraction of sp³-hybridized carbons (Fsp3) is 0.136. The maximum absolute atomic E-state index is 13.8. The van der Waals surface area contributed by atoms with Crippen LogP contribution in [0.3, 0.4) is 0 Å². The van der Waals surface area contributed by atoms with Crippen LogP contribution in [0.1, 0.15) is 38.2 Å². The predicted molar refractivity (Wildman–Crippen MR) is 116 cm³/mol. The average Bonchev–Trinajstić information content (AvgIpc) is 2.96. The van der Waals surface area contributed by atoms with Crippen LogP contribution in [0.25, 0.3) is 0 Å². The Bertz CT molecular complexity index is 1880. The van der Waals surface area contributed by atoms with Crippen LogP contribution in [0, 0.1) is 13.8 Å². The van der Waals surface area contributed by atoms with Crippen LogP contribution in [0.15, 0.2) is 12.1 Å². The van der Waals surface area contributed by atoms with Gasteiger partial charge in [-0.25, -0.2) is 4.79 Å². The van der Waals surface area contributed by atoms with E-state index in [0.29, 0.717) is 5.56 Å². The van der Waals surface area contributed by atoms with Gasteiger partial charge in [-0.05, 0) is 37.1 Å². The number of phosphoric ester groups is 2. The van der Waals surface area contributed by atoms with Gasteiger partial charge in [0.2, 0.25) is 28.6 Å². The summed E-state index contributed by atoms with van der Waals surface area (Å²) in [5.74, 6) is -4.44. The van der Waals surface area contributed by atoms with Gasteiger partial charge < -0.3 is 46.8 Å². The lowest BCUT2D eigenvalue weighted by atomic mass is 9.73. The van der Waals surface area contributed by atoms with Gasteiger partial charge in [0.25, 0.3) is 0 Å². The van der Waals surface area contributed by atoms with Gasteiger partial charge in [-0.3, -0.25) is 0 Å². The van der Waals surface area contributed by atoms with Gasteiger partial charge in [0.05, 0.1) is 16.7 Å². The molecule has 1 spiro atoms. The number of ether oxygens (including phenoxy) is 2. The summed E-state index contributed by atoms with van der Waals surface area (Å²) in [7, 11) is -9.17. The maximum Gasteiger partial charge on any atom is 0.647 e. The summed E-state index contributed by atoms with van der Waals surface area (Å²) in [4.78, 5) is 13.5. The second-order valence-electron chi connectivity index (χ2n) is 9.10. The Labute approximate surface area is 205 Å². The summed E-state index contributed by atoms with van der Waals surface area (Å²) in [6.07, 6.45) is 0. The number of rotatable bonds is 0. The topological polar surface area (TPSA) is 166 Å². The van der Waals surface area contributed by atoms with E-state index in [-0.39, 0.29) is 50.8 Å². The number of phenols is 2. The number of phenolic OH excluding ortho intramolecular Hbond substituents is 2. The van der Waals surface area contributed by atoms with Crippen molar-refractivity contribution in [2.24, 2.45) is 0 Å². The van der Waals surface area contributed by atoms with E-state index in [1.807, 2.05) is 0 Å². The molecule has 2 N–H and O–H groups in total. The van der Waals surface area contributed by atoms with Crippen molar-refractivity contribution in [3.8, 4) is 57.5 Å². The second kappa shape index (κ2) is 5.39. The minimum Gasteiger partial charge on any atom is -0.504 e. The molecule has 15 heteroatoms. The van der Waals surface area contributed by atoms with Crippen LogP contribution in [0.5, 0.6) is 57.5 Å². The lowest BCUT2D eigenvalue weighted by Gasteiger charge is -2.43. The molecule has 3 aromatic rings. The van der Waals surface area contributed by atoms with E-state index < -0.39 is 61.7 Å². The molecule has 7 heterocycles. The second-order valence-corrected chi connectivity index (χ2v) is 12.0. The highest BCUT2D eigenvalue weighted by Gasteiger charge is 2.67. The number of carbonyl (C=O) groups is 1. The minimum atomic E-state index is -4.62. The van der Waals surface area contributed by atoms with Gasteiger partial charge in [0.1, 0.15) is 17.1 Å². The van der Waals surface area contributed by atoms with Crippen molar-refractivity contribution in [2.75, 3.05) is 0 Å². The first-order valence-corrected chi connectivity index (χ1v) is 13.7. The lowest BCUT2D eigenvalue weighted by molar-refractivity contribution is 0.0196. The summed E-state index contributed by atoms with van der Waals surface area (Å²) in [6.45, 7) is 3.23. The number of phosphoric acid groups is 2. The third-order valence-corrected chi connectivity index (χ3v) is 9.77. The summed E-state index contributed by atoms with van der Waals surface area (Å²) >= 11 is 0. The molecule has 7 aliphatic heterocycles. The summed E-state index contributed by atoms with van der Waals surface area (Å²) < 4.78 is 73.3. The van der Waals surface area contributed by atoms with E-state index in [0.717, 1.165) is 0 Å². The van der Waals surface area contributed by atoms with Crippen LogP contribution in [0.2, 0.25) is 0 Å². The molecule has 10 rings (SSSR count). The van der Waals surface area contributed by atoms with Gasteiger partial charge in [0.15, 0.2) is 23.0 Å². The van der Waals surface area contributed by atoms with Crippen LogP contribution in [0.4, 0.5) is 0 Å². The van der Waals surface area contributed by atoms with Crippen molar-refractivity contribution in [2.45, 2.75) is 19.4 Å². The van der Waals surface area contributed by atoms with E-state index in [4.69, 9.17) is 36.6 Å². The van der Waals surface area contributed by atoms with E-state index in [9.17, 15) is 24.1 Å². The standard InChI is InChI=1S/C22H10O13P2/c1-5-6(2)13(23)18-15-10(5)22-11-8-4-3-7(9(11)21(25)29-22)30-36(26,31-8)32-17-12(22)16(28-15)19-14(24)20(17)35-37(27,33-18)34-19/h3-4,23-24H,1-2H3. The maximum atomic E-state index is 13.8. The third kappa shape index (κ3) is 1.90. The zero-order valence-corrected chi connectivity index (χ0v) is 20.2. The molecule has 0 fully saturated rings. The van der Waals surface area contributed by atoms with Crippen molar-refractivity contribution >= 4 is 21.6 Å². The summed E-state index contributed by atoms with van der Waals surface area (Å²) in [5.41, 5.74) is -1.00. The molecule has 3 atom stereocenters. The zero-order valence-electron chi connectivity index (χ0n) is 18.4. The smallest absolute Gasteiger partial charge is 0.504 e. The molecule has 7 aliphatic rings. The molecular weight excluding hydrogens is 534 g/mol. The van der Waals surface area contributed by atoms with Crippen molar-refractivity contribution in [1.29, 1.82) is 0 Å². The molecule has 37 heavy (non-hydrogen) atoms. The Kier molecular flexibility index (Phi) is 2.90. The summed E-state index contributed by atoms with van der Waals surface area (Å²) in [6, 6.07) is 2.85. The quantitative estimate of drug-likeness (QED) is 0.292. The van der Waals surface area contributed by atoms with Crippen molar-refractivity contribution in [3.05, 3.63) is 45.5 Å². The number of esters is 1. The Morgan fingerprint density at radius 3 is 2.00 bits per heavy atom. The van der Waals surface area contributed by atoms with Crippen LogP contribution in [-0.4, -0.2) is 16.2 Å². The molecular formula is C22H10O13P2. The van der Waals surface area contributed by atoms with Gasteiger partial charge in [-0.1, -0.05) is 0 Å². The molecule has 3 unspecified atom stereocenters. The largest absolute Gasteiger partial charge is 0.647 e. The first-order valence-electron chi connectivity index (χ1n) is 10.8. The highest BCUT2D eigenvalue weighted by atomic mass is 31.2. The molecule has 186 valence electrons. The minimum absolute atomic E-state index is 0.0275. The molecule has 3 aromatic carbocycles. The van der Waals surface area contributed by atoms with Gasteiger partial charge >= 0.3 is 21.6 Å². The van der Waals surface area contributed by atoms with Gasteiger partial charge in [-0.2, -0.15) is 9.13 Å². The third-order valence-electron chi connectivity index (χ3n) is 7.31. The van der Waals surface area contributed by atoms with E-state index in [2.05, 4.69) is 0 Å². The van der Waals surface area contributed by atoms with Crippen LogP contribution in [-0.2, 0) is 19.5 Å². The van der Waals surface area contributed by atoms with Crippen LogP contribution < -0.4 is 31.9 Å². The normalized spacial score (nSPS) is 28.6. The van der Waals surface area contributed by atoms with Gasteiger partial charge in [-0.15, -0.1) is 0 Å². The number of hydrogen-bond acceptors (Lipinski definition) is 13. The summed E-state index contributed by atoms with van der Waals surface area (Å²) in [5, 5.41) is 22.0. The molecule has 0 aliphatic carbocycles. The van der Waals surface area contributed by atoms with Crippen molar-refractivity contribution in [3.63, 3.8) is 0 Å². The predicted octanol–water partition coefficient (Wildman–Crippen LogP) is 4.83. The van der Waals surface area contributed by atoms with Crippen molar-refractivity contribution in [1.82, 2.24) is 0 Å². The highest BCUT2D eigenvalue weighted by molar-refractivity contribution is 7.50. The Hall–Kier alpha value is -4.21. The molecule has 0 aromatic heterocycles. The molecule has 0 saturated heterocycles. The molecule has 0 radical (unpaired) electrons. The molecule has 13 nitrogen and oxygen atoms in total. The Morgan fingerprint density at radius 1 is 0.676 bits per heavy atom. The monoisotopic (exact) mass is 544 g/mol. The fourth-order valence-corrected chi connectivity index (χ4v) is 8.33. The molecule has 9 bridgehead atoms. The van der Waals surface area contributed by atoms with E-state index in [1.54, 1.807) is 13.8 Å². The average molecular weight is 544 g/mol. The van der Waals surface area contributed by atoms with Crippen LogP contribution >= 0.6 is 15.6 Å². The van der Waals surface area contributed by atoms with E-state index in [1.165, 1.54) is 12.1 Å². The van der Waals surface area contributed by atoms with Crippen molar-refractivity contribution < 1.29 is 60.8 Å². The first-order chi connectivity index (χ1) is 17.6. The number of hydrogen-bond donors (Lipinski definition) is 2. The molecule has 0 amide bonds. The van der Waals surface area contributed by atoms with E-state index >= 15 is 0 Å².